The van der Waals surface area contributed by atoms with Crippen LogP contribution < -0.4 is 0 Å². The zero-order valence-corrected chi connectivity index (χ0v) is 9.71. The molecule has 0 aliphatic carbocycles. The summed E-state index contributed by atoms with van der Waals surface area (Å²) in [7, 11) is -2.91. The summed E-state index contributed by atoms with van der Waals surface area (Å²) in [5.74, 6) is 0.269. The fourth-order valence-electron chi connectivity index (χ4n) is 1.09. The third-order valence-corrected chi connectivity index (χ3v) is 6.37. The highest BCUT2D eigenvalue weighted by molar-refractivity contribution is 9.09. The van der Waals surface area contributed by atoms with E-state index in [2.05, 4.69) is 15.9 Å². The lowest BCUT2D eigenvalue weighted by molar-refractivity contribution is -0.109. The zero-order chi connectivity index (χ0) is 9.35. The van der Waals surface area contributed by atoms with Crippen LogP contribution in [0.3, 0.4) is 0 Å². The molecule has 0 amide bonds. The molecule has 1 heterocycles. The van der Waals surface area contributed by atoms with Crippen LogP contribution in [0.4, 0.5) is 0 Å². The molecule has 3 nitrogen and oxygen atoms in total. The molecule has 1 fully saturated rings. The number of thioether (sulfide) groups is 1. The fourth-order valence-corrected chi connectivity index (χ4v) is 6.33. The van der Waals surface area contributed by atoms with Gasteiger partial charge in [-0.1, -0.05) is 27.7 Å². The molecule has 1 rings (SSSR count). The van der Waals surface area contributed by atoms with Gasteiger partial charge in [-0.2, -0.15) is 0 Å². The Morgan fingerprint density at radius 1 is 1.50 bits per heavy atom. The van der Waals surface area contributed by atoms with Crippen molar-refractivity contribution in [2.24, 2.45) is 0 Å². The molecule has 1 saturated heterocycles. The molecule has 0 aromatic carbocycles. The highest BCUT2D eigenvalue weighted by Gasteiger charge is 2.37. The molecule has 0 aromatic heterocycles. The number of halogens is 1. The molecule has 12 heavy (non-hydrogen) atoms. The molecule has 70 valence electrons. The van der Waals surface area contributed by atoms with E-state index in [1.807, 2.05) is 0 Å². The first-order chi connectivity index (χ1) is 5.41. The number of carbonyl (C=O) groups excluding carboxylic acids is 1. The van der Waals surface area contributed by atoms with Gasteiger partial charge in [-0.15, -0.1) is 0 Å². The van der Waals surface area contributed by atoms with Crippen molar-refractivity contribution in [3.63, 3.8) is 0 Å². The Morgan fingerprint density at radius 3 is 2.42 bits per heavy atom. The van der Waals surface area contributed by atoms with Gasteiger partial charge in [-0.05, 0) is 0 Å². The molecule has 0 radical (unpaired) electrons. The maximum Gasteiger partial charge on any atom is 0.186 e. The molecule has 0 unspecified atom stereocenters. The average molecular weight is 273 g/mol. The van der Waals surface area contributed by atoms with E-state index in [-0.39, 0.29) is 26.7 Å². The number of hydrogen-bond donors (Lipinski definition) is 0. The molecule has 1 aliphatic rings. The summed E-state index contributed by atoms with van der Waals surface area (Å²) in [6.07, 6.45) is 0. The van der Waals surface area contributed by atoms with E-state index >= 15 is 0 Å². The maximum atomic E-state index is 11.1. The summed E-state index contributed by atoms with van der Waals surface area (Å²) < 4.78 is 22.2. The average Bonchev–Trinajstić information content (AvgIpc) is 2.03. The van der Waals surface area contributed by atoms with Crippen molar-refractivity contribution in [3.05, 3.63) is 0 Å². The predicted octanol–water partition coefficient (Wildman–Crippen LogP) is 0.827. The van der Waals surface area contributed by atoms with Gasteiger partial charge in [-0.3, -0.25) is 4.79 Å². The van der Waals surface area contributed by atoms with Crippen LogP contribution in [0.5, 0.6) is 0 Å². The minimum Gasteiger partial charge on any atom is -0.288 e. The fraction of sp³-hybridized carbons (Fsp3) is 0.833. The summed E-state index contributed by atoms with van der Waals surface area (Å²) in [6.45, 7) is 1.45. The van der Waals surface area contributed by atoms with E-state index in [0.29, 0.717) is 0 Å². The van der Waals surface area contributed by atoms with Crippen LogP contribution in [0.2, 0.25) is 0 Å². The minimum atomic E-state index is -2.91. The van der Waals surface area contributed by atoms with Crippen LogP contribution in [-0.4, -0.2) is 35.1 Å². The third-order valence-electron chi connectivity index (χ3n) is 1.55. The van der Waals surface area contributed by atoms with Crippen molar-refractivity contribution in [2.45, 2.75) is 17.0 Å². The quantitative estimate of drug-likeness (QED) is 0.664. The van der Waals surface area contributed by atoms with E-state index in [0.717, 1.165) is 11.8 Å². The van der Waals surface area contributed by atoms with Crippen LogP contribution in [0.25, 0.3) is 0 Å². The largest absolute Gasteiger partial charge is 0.288 e. The normalized spacial score (nSPS) is 33.5. The summed E-state index contributed by atoms with van der Waals surface area (Å²) in [5, 5.41) is -0.131. The first kappa shape index (κ1) is 10.5. The molecule has 0 N–H and O–H groups in total. The highest BCUT2D eigenvalue weighted by Crippen LogP contribution is 2.29. The van der Waals surface area contributed by atoms with E-state index in [1.165, 1.54) is 6.92 Å². The number of rotatable bonds is 1. The summed E-state index contributed by atoms with van der Waals surface area (Å²) in [4.78, 5) is 10.6. The van der Waals surface area contributed by atoms with Crippen molar-refractivity contribution in [2.75, 3.05) is 11.5 Å². The van der Waals surface area contributed by atoms with Gasteiger partial charge in [0, 0.05) is 17.0 Å². The van der Waals surface area contributed by atoms with Gasteiger partial charge in [0.05, 0.1) is 11.5 Å². The summed E-state index contributed by atoms with van der Waals surface area (Å²) in [5.41, 5.74) is 0. The number of alkyl halides is 1. The Hall–Kier alpha value is 0.450. The van der Waals surface area contributed by atoms with Gasteiger partial charge in [-0.25, -0.2) is 8.42 Å². The smallest absolute Gasteiger partial charge is 0.186 e. The molecule has 1 aliphatic heterocycles. The van der Waals surface area contributed by atoms with Gasteiger partial charge >= 0.3 is 0 Å². The Labute approximate surface area is 84.3 Å². The number of sulfone groups is 1. The lowest BCUT2D eigenvalue weighted by atomic mass is 10.4. The van der Waals surface area contributed by atoms with Crippen molar-refractivity contribution in [1.29, 1.82) is 0 Å². The monoisotopic (exact) mass is 272 g/mol. The Bertz CT molecular complexity index is 285. The van der Waals surface area contributed by atoms with Gasteiger partial charge in [0.2, 0.25) is 0 Å². The Morgan fingerprint density at radius 2 is 2.08 bits per heavy atom. The van der Waals surface area contributed by atoms with Crippen LogP contribution in [0, 0.1) is 0 Å². The van der Waals surface area contributed by atoms with E-state index in [4.69, 9.17) is 0 Å². The zero-order valence-electron chi connectivity index (χ0n) is 6.49. The second-order valence-electron chi connectivity index (χ2n) is 2.74. The number of hydrogen-bond acceptors (Lipinski definition) is 4. The van der Waals surface area contributed by atoms with E-state index in [1.54, 1.807) is 0 Å². The summed E-state index contributed by atoms with van der Waals surface area (Å²) in [6, 6.07) is 0. The molecule has 0 bridgehead atoms. The predicted molar refractivity (Wildman–Crippen MR) is 53.4 cm³/mol. The van der Waals surface area contributed by atoms with Gasteiger partial charge < -0.3 is 0 Å². The second-order valence-corrected chi connectivity index (χ2v) is 7.49. The molecule has 0 spiro atoms. The second kappa shape index (κ2) is 3.67. The molecule has 6 heteroatoms. The van der Waals surface area contributed by atoms with Crippen LogP contribution in [0.15, 0.2) is 0 Å². The maximum absolute atomic E-state index is 11.1. The van der Waals surface area contributed by atoms with E-state index in [9.17, 15) is 13.2 Å². The van der Waals surface area contributed by atoms with Gasteiger partial charge in [0.25, 0.3) is 0 Å². The molecule has 0 aromatic rings. The lowest BCUT2D eigenvalue weighted by Gasteiger charge is -2.07. The molecule has 2 atom stereocenters. The molecular formula is C6H9BrO3S2. The topological polar surface area (TPSA) is 51.2 Å². The first-order valence-electron chi connectivity index (χ1n) is 3.42. The first-order valence-corrected chi connectivity index (χ1v) is 7.04. The van der Waals surface area contributed by atoms with Crippen molar-refractivity contribution in [3.8, 4) is 0 Å². The van der Waals surface area contributed by atoms with Crippen LogP contribution in [0.1, 0.15) is 6.92 Å². The van der Waals surface area contributed by atoms with Gasteiger partial charge in [0.15, 0.2) is 15.0 Å². The van der Waals surface area contributed by atoms with E-state index < -0.39 is 9.84 Å². The Balaban J connectivity index is 2.64. The van der Waals surface area contributed by atoms with Crippen LogP contribution in [-0.2, 0) is 14.6 Å². The minimum absolute atomic E-state index is 0.0263. The third kappa shape index (κ3) is 2.74. The van der Waals surface area contributed by atoms with Crippen molar-refractivity contribution < 1.29 is 13.2 Å². The molecular weight excluding hydrogens is 264 g/mol. The number of carbonyl (C=O) groups is 1. The van der Waals surface area contributed by atoms with Crippen molar-refractivity contribution in [1.82, 2.24) is 0 Å². The SMILES string of the molecule is CC(=O)S[C@H]1CS(=O)(=O)C[C@H]1Br. The Kier molecular flexibility index (Phi) is 3.22. The highest BCUT2D eigenvalue weighted by atomic mass is 79.9. The van der Waals surface area contributed by atoms with Gasteiger partial charge in [0.1, 0.15) is 0 Å². The standard InChI is InChI=1S/C6H9BrO3S2/c1-4(8)11-6-3-12(9,10)2-5(6)7/h5-6H,2-3H2,1H3/t5-,6+/m1/s1. The van der Waals surface area contributed by atoms with Crippen molar-refractivity contribution >= 4 is 42.6 Å². The summed E-state index contributed by atoms with van der Waals surface area (Å²) >= 11 is 4.36. The van der Waals surface area contributed by atoms with Crippen LogP contribution >= 0.6 is 27.7 Å². The lowest BCUT2D eigenvalue weighted by Crippen LogP contribution is -2.15. The molecule has 0 saturated carbocycles.